The number of hydrogen-bond donors (Lipinski definition) is 1. The van der Waals surface area contributed by atoms with Crippen LogP contribution in [0.5, 0.6) is 5.75 Å². The van der Waals surface area contributed by atoms with Gasteiger partial charge in [-0.05, 0) is 23.3 Å². The van der Waals surface area contributed by atoms with Crippen LogP contribution in [0.3, 0.4) is 0 Å². The molecule has 4 rings (SSSR count). The van der Waals surface area contributed by atoms with Crippen LogP contribution in [0.25, 0.3) is 0 Å². The summed E-state index contributed by atoms with van der Waals surface area (Å²) in [5.74, 6) is 0.699. The highest BCUT2D eigenvalue weighted by Crippen LogP contribution is 2.23. The summed E-state index contributed by atoms with van der Waals surface area (Å²) in [6, 6.07) is 18.2. The second-order valence-electron chi connectivity index (χ2n) is 7.56. The summed E-state index contributed by atoms with van der Waals surface area (Å²) < 4.78 is 12.6. The number of hydrogen-bond acceptors (Lipinski definition) is 5. The SMILES string of the molecule is COc1ccc([C@H](CNC(=O)c2cnn(Cc3ccccc3)c2)N2CCOCC2)cc1. The molecule has 2 heterocycles. The van der Waals surface area contributed by atoms with Crippen LogP contribution in [0.2, 0.25) is 0 Å². The molecular formula is C24H28N4O3. The number of morpholine rings is 1. The van der Waals surface area contributed by atoms with Crippen molar-refractivity contribution < 1.29 is 14.3 Å². The van der Waals surface area contributed by atoms with Gasteiger partial charge in [-0.2, -0.15) is 5.10 Å². The van der Waals surface area contributed by atoms with Crippen LogP contribution in [-0.2, 0) is 11.3 Å². The lowest BCUT2D eigenvalue weighted by atomic mass is 10.0. The minimum Gasteiger partial charge on any atom is -0.497 e. The summed E-state index contributed by atoms with van der Waals surface area (Å²) in [6.45, 7) is 4.22. The Morgan fingerprint density at radius 3 is 2.58 bits per heavy atom. The van der Waals surface area contributed by atoms with Crippen LogP contribution < -0.4 is 10.1 Å². The monoisotopic (exact) mass is 420 g/mol. The van der Waals surface area contributed by atoms with Gasteiger partial charge in [0.2, 0.25) is 0 Å². The maximum atomic E-state index is 12.8. The van der Waals surface area contributed by atoms with E-state index in [0.717, 1.165) is 30.0 Å². The molecule has 1 aliphatic rings. The third-order valence-corrected chi connectivity index (χ3v) is 5.53. The second kappa shape index (κ2) is 10.2. The first kappa shape index (κ1) is 21.1. The Hall–Kier alpha value is -3.16. The van der Waals surface area contributed by atoms with Crippen molar-refractivity contribution in [3.63, 3.8) is 0 Å². The van der Waals surface area contributed by atoms with Gasteiger partial charge in [0, 0.05) is 25.8 Å². The second-order valence-corrected chi connectivity index (χ2v) is 7.56. The first-order valence-corrected chi connectivity index (χ1v) is 10.5. The van der Waals surface area contributed by atoms with Gasteiger partial charge >= 0.3 is 0 Å². The number of carbonyl (C=O) groups excluding carboxylic acids is 1. The summed E-state index contributed by atoms with van der Waals surface area (Å²) >= 11 is 0. The third kappa shape index (κ3) is 5.51. The number of ether oxygens (including phenoxy) is 2. The Labute approximate surface area is 182 Å². The average Bonchev–Trinajstić information content (AvgIpc) is 3.29. The molecule has 7 heteroatoms. The molecule has 1 amide bonds. The quantitative estimate of drug-likeness (QED) is 0.607. The summed E-state index contributed by atoms with van der Waals surface area (Å²) in [6.07, 6.45) is 3.41. The van der Waals surface area contributed by atoms with E-state index in [1.54, 1.807) is 24.2 Å². The number of aromatic nitrogens is 2. The van der Waals surface area contributed by atoms with Crippen LogP contribution in [0.4, 0.5) is 0 Å². The molecule has 1 aromatic heterocycles. The molecule has 1 saturated heterocycles. The minimum atomic E-state index is -0.119. The van der Waals surface area contributed by atoms with Crippen LogP contribution in [-0.4, -0.2) is 60.5 Å². The maximum Gasteiger partial charge on any atom is 0.254 e. The van der Waals surface area contributed by atoms with Crippen LogP contribution in [0.15, 0.2) is 67.0 Å². The van der Waals surface area contributed by atoms with E-state index >= 15 is 0 Å². The van der Waals surface area contributed by atoms with Crippen LogP contribution in [0, 0.1) is 0 Å². The number of nitrogens with zero attached hydrogens (tertiary/aromatic N) is 3. The normalized spacial score (nSPS) is 15.4. The number of amides is 1. The molecule has 1 aliphatic heterocycles. The fourth-order valence-electron chi connectivity index (χ4n) is 3.80. The van der Waals surface area contributed by atoms with E-state index in [-0.39, 0.29) is 11.9 Å². The molecule has 0 radical (unpaired) electrons. The van der Waals surface area contributed by atoms with Crippen molar-refractivity contribution in [1.82, 2.24) is 20.0 Å². The lowest BCUT2D eigenvalue weighted by Crippen LogP contribution is -2.43. The van der Waals surface area contributed by atoms with Crippen LogP contribution >= 0.6 is 0 Å². The van der Waals surface area contributed by atoms with Crippen molar-refractivity contribution in [2.24, 2.45) is 0 Å². The average molecular weight is 421 g/mol. The van der Waals surface area contributed by atoms with Gasteiger partial charge in [0.15, 0.2) is 0 Å². The van der Waals surface area contributed by atoms with Crippen molar-refractivity contribution in [3.8, 4) is 5.75 Å². The lowest BCUT2D eigenvalue weighted by molar-refractivity contribution is 0.0162. The Kier molecular flexibility index (Phi) is 6.96. The summed E-state index contributed by atoms with van der Waals surface area (Å²) in [5.41, 5.74) is 2.85. The molecule has 0 aliphatic carbocycles. The molecule has 0 spiro atoms. The fourth-order valence-corrected chi connectivity index (χ4v) is 3.80. The largest absolute Gasteiger partial charge is 0.497 e. The lowest BCUT2D eigenvalue weighted by Gasteiger charge is -2.35. The zero-order valence-electron chi connectivity index (χ0n) is 17.7. The van der Waals surface area contributed by atoms with Crippen molar-refractivity contribution >= 4 is 5.91 Å². The Morgan fingerprint density at radius 1 is 1.13 bits per heavy atom. The van der Waals surface area contributed by atoms with E-state index in [9.17, 15) is 4.79 Å². The first-order valence-electron chi connectivity index (χ1n) is 10.5. The van der Waals surface area contributed by atoms with Gasteiger partial charge in [-0.15, -0.1) is 0 Å². The van der Waals surface area contributed by atoms with Gasteiger partial charge in [-0.1, -0.05) is 42.5 Å². The van der Waals surface area contributed by atoms with E-state index in [1.807, 2.05) is 42.5 Å². The number of nitrogens with one attached hydrogen (secondary N) is 1. The van der Waals surface area contributed by atoms with Gasteiger partial charge in [0.1, 0.15) is 5.75 Å². The topological polar surface area (TPSA) is 68.6 Å². The molecule has 1 N–H and O–H groups in total. The van der Waals surface area contributed by atoms with Crippen LogP contribution in [0.1, 0.15) is 27.5 Å². The van der Waals surface area contributed by atoms with Gasteiger partial charge < -0.3 is 14.8 Å². The summed E-state index contributed by atoms with van der Waals surface area (Å²) in [4.78, 5) is 15.2. The number of carbonyl (C=O) groups is 1. The Bertz CT molecular complexity index is 966. The smallest absolute Gasteiger partial charge is 0.254 e. The van der Waals surface area contributed by atoms with Crippen molar-refractivity contribution in [1.29, 1.82) is 0 Å². The number of rotatable bonds is 8. The molecule has 2 aromatic carbocycles. The molecule has 162 valence electrons. The van der Waals surface area contributed by atoms with E-state index in [2.05, 4.69) is 27.4 Å². The predicted molar refractivity (Wildman–Crippen MR) is 118 cm³/mol. The Balaban J connectivity index is 1.42. The number of methoxy groups -OCH3 is 1. The maximum absolute atomic E-state index is 12.8. The van der Waals surface area contributed by atoms with Crippen molar-refractivity contribution in [2.75, 3.05) is 40.0 Å². The molecule has 0 saturated carbocycles. The molecule has 31 heavy (non-hydrogen) atoms. The van der Waals surface area contributed by atoms with Crippen molar-refractivity contribution in [2.45, 2.75) is 12.6 Å². The van der Waals surface area contributed by atoms with Gasteiger partial charge in [0.05, 0.1) is 44.7 Å². The van der Waals surface area contributed by atoms with Gasteiger partial charge in [-0.3, -0.25) is 14.4 Å². The third-order valence-electron chi connectivity index (χ3n) is 5.53. The van der Waals surface area contributed by atoms with E-state index in [1.165, 1.54) is 0 Å². The zero-order chi connectivity index (χ0) is 21.5. The predicted octanol–water partition coefficient (Wildman–Crippen LogP) is 2.74. The summed E-state index contributed by atoms with van der Waals surface area (Å²) in [7, 11) is 1.66. The fraction of sp³-hybridized carbons (Fsp3) is 0.333. The van der Waals surface area contributed by atoms with E-state index in [0.29, 0.717) is 31.9 Å². The van der Waals surface area contributed by atoms with E-state index < -0.39 is 0 Å². The van der Waals surface area contributed by atoms with Gasteiger partial charge in [0.25, 0.3) is 5.91 Å². The van der Waals surface area contributed by atoms with Crippen molar-refractivity contribution in [3.05, 3.63) is 83.7 Å². The molecule has 0 bridgehead atoms. The molecular weight excluding hydrogens is 392 g/mol. The molecule has 1 atom stereocenters. The summed E-state index contributed by atoms with van der Waals surface area (Å²) in [5, 5.41) is 7.44. The highest BCUT2D eigenvalue weighted by Gasteiger charge is 2.23. The zero-order valence-corrected chi connectivity index (χ0v) is 17.7. The molecule has 7 nitrogen and oxygen atoms in total. The number of benzene rings is 2. The highest BCUT2D eigenvalue weighted by atomic mass is 16.5. The van der Waals surface area contributed by atoms with E-state index in [4.69, 9.17) is 9.47 Å². The minimum absolute atomic E-state index is 0.0677. The molecule has 3 aromatic rings. The van der Waals surface area contributed by atoms with Gasteiger partial charge in [-0.25, -0.2) is 0 Å². The molecule has 0 unspecified atom stereocenters. The Morgan fingerprint density at radius 2 is 1.87 bits per heavy atom. The highest BCUT2D eigenvalue weighted by molar-refractivity contribution is 5.93. The molecule has 1 fully saturated rings. The standard InChI is InChI=1S/C24H28N4O3/c1-30-22-9-7-20(8-10-22)23(27-11-13-31-14-12-27)16-25-24(29)21-15-26-28(18-21)17-19-5-3-2-4-6-19/h2-10,15,18,23H,11-14,16-17H2,1H3,(H,25,29)/t23-/m0/s1. The first-order chi connectivity index (χ1) is 15.2.